The SMILES string of the molecule is C(=C\c1ccc(N(c2ccccc2)c2ccc(-n3c4ccccc4c4ccccc43)cc2)cc1)/c1ccc(N(c2ccccc2)c2ccc(C3c4ccccc4-c4ccccc43)cc2)cc1. The Hall–Kier alpha value is -8.66. The van der Waals surface area contributed by atoms with Gasteiger partial charge >= 0.3 is 0 Å². The standard InChI is InChI=1S/C63H45N3/c1-3-15-48(16-4-1)64(52-39-33-47(34-40-52)63-59-23-9-7-19-55(59)56-20-8-10-24-60(56)63)50-35-29-45(30-36-50)27-28-46-31-37-51(38-32-46)65(49-17-5-2-6-18-49)53-41-43-54(44-42-53)66-61-25-13-11-21-57(61)58-22-12-14-26-62(58)66/h1-44,63H/b28-27+. The van der Waals surface area contributed by atoms with Crippen molar-refractivity contribution < 1.29 is 0 Å². The number of benzene rings is 10. The molecule has 3 nitrogen and oxygen atoms in total. The Labute approximate surface area is 386 Å². The lowest BCUT2D eigenvalue weighted by molar-refractivity contribution is 1.01. The highest BCUT2D eigenvalue weighted by atomic mass is 15.1. The van der Waals surface area contributed by atoms with Gasteiger partial charge in [0.05, 0.1) is 11.0 Å². The summed E-state index contributed by atoms with van der Waals surface area (Å²) >= 11 is 0. The normalized spacial score (nSPS) is 12.1. The van der Waals surface area contributed by atoms with E-state index in [1.807, 2.05) is 0 Å². The molecule has 1 aliphatic rings. The molecule has 11 aromatic rings. The number of anilines is 6. The van der Waals surface area contributed by atoms with E-state index >= 15 is 0 Å². The van der Waals surface area contributed by atoms with Gasteiger partial charge in [0.1, 0.15) is 0 Å². The third kappa shape index (κ3) is 7.04. The fourth-order valence-corrected chi connectivity index (χ4v) is 9.99. The fourth-order valence-electron chi connectivity index (χ4n) is 9.99. The van der Waals surface area contributed by atoms with Gasteiger partial charge in [-0.1, -0.05) is 170 Å². The van der Waals surface area contributed by atoms with E-state index in [1.54, 1.807) is 0 Å². The Bertz CT molecular complexity index is 3400. The molecule has 0 saturated heterocycles. The molecule has 10 aromatic carbocycles. The highest BCUT2D eigenvalue weighted by Gasteiger charge is 2.29. The predicted octanol–water partition coefficient (Wildman–Crippen LogP) is 17.1. The van der Waals surface area contributed by atoms with Crippen molar-refractivity contribution in [3.8, 4) is 16.8 Å². The van der Waals surface area contributed by atoms with Crippen LogP contribution in [0.3, 0.4) is 0 Å². The molecule has 0 N–H and O–H groups in total. The first-order valence-corrected chi connectivity index (χ1v) is 22.7. The molecule has 0 unspecified atom stereocenters. The summed E-state index contributed by atoms with van der Waals surface area (Å²) in [7, 11) is 0. The topological polar surface area (TPSA) is 11.4 Å². The molecule has 0 fully saturated rings. The summed E-state index contributed by atoms with van der Waals surface area (Å²) in [5.41, 5.74) is 19.2. The summed E-state index contributed by atoms with van der Waals surface area (Å²) < 4.78 is 2.36. The van der Waals surface area contributed by atoms with Crippen molar-refractivity contribution >= 4 is 68.1 Å². The minimum Gasteiger partial charge on any atom is -0.311 e. The van der Waals surface area contributed by atoms with Gasteiger partial charge in [-0.05, 0) is 136 Å². The zero-order valence-corrected chi connectivity index (χ0v) is 36.3. The first-order chi connectivity index (χ1) is 32.7. The van der Waals surface area contributed by atoms with E-state index in [4.69, 9.17) is 0 Å². The van der Waals surface area contributed by atoms with E-state index < -0.39 is 0 Å². The number of hydrogen-bond acceptors (Lipinski definition) is 2. The third-order valence-corrected chi connectivity index (χ3v) is 13.1. The maximum atomic E-state index is 2.36. The summed E-state index contributed by atoms with van der Waals surface area (Å²) in [6, 6.07) is 92.0. The molecule has 0 amide bonds. The van der Waals surface area contributed by atoms with Gasteiger partial charge in [-0.3, -0.25) is 0 Å². The van der Waals surface area contributed by atoms with Gasteiger partial charge in [0.15, 0.2) is 0 Å². The van der Waals surface area contributed by atoms with Crippen molar-refractivity contribution in [2.24, 2.45) is 0 Å². The Morgan fingerprint density at radius 1 is 0.303 bits per heavy atom. The van der Waals surface area contributed by atoms with Crippen LogP contribution in [0.5, 0.6) is 0 Å². The van der Waals surface area contributed by atoms with Gasteiger partial charge in [0.25, 0.3) is 0 Å². The van der Waals surface area contributed by atoms with Gasteiger partial charge < -0.3 is 14.4 Å². The van der Waals surface area contributed by atoms with Crippen molar-refractivity contribution in [2.75, 3.05) is 9.80 Å². The molecule has 0 spiro atoms. The molecule has 0 aliphatic heterocycles. The van der Waals surface area contributed by atoms with Crippen LogP contribution in [0.4, 0.5) is 34.1 Å². The summed E-state index contributed by atoms with van der Waals surface area (Å²) in [5.74, 6) is 0.220. The maximum absolute atomic E-state index is 2.36. The quantitative estimate of drug-likeness (QED) is 0.127. The van der Waals surface area contributed by atoms with Crippen LogP contribution in [-0.4, -0.2) is 4.57 Å². The number of hydrogen-bond donors (Lipinski definition) is 0. The molecule has 0 saturated carbocycles. The number of para-hydroxylation sites is 4. The van der Waals surface area contributed by atoms with E-state index in [9.17, 15) is 0 Å². The van der Waals surface area contributed by atoms with Crippen LogP contribution in [0.1, 0.15) is 33.7 Å². The monoisotopic (exact) mass is 843 g/mol. The van der Waals surface area contributed by atoms with Gasteiger partial charge in [-0.25, -0.2) is 0 Å². The second kappa shape index (κ2) is 16.8. The zero-order chi connectivity index (χ0) is 43.8. The molecule has 3 heteroatoms. The lowest BCUT2D eigenvalue weighted by Crippen LogP contribution is -2.10. The number of nitrogens with zero attached hydrogens (tertiary/aromatic N) is 3. The average Bonchev–Trinajstić information content (AvgIpc) is 3.91. The number of rotatable bonds is 10. The molecule has 66 heavy (non-hydrogen) atoms. The zero-order valence-electron chi connectivity index (χ0n) is 36.3. The molecular formula is C63H45N3. The first-order valence-electron chi connectivity index (χ1n) is 22.7. The van der Waals surface area contributed by atoms with Gasteiger partial charge in [-0.2, -0.15) is 0 Å². The number of fused-ring (bicyclic) bond motifs is 6. The average molecular weight is 844 g/mol. The van der Waals surface area contributed by atoms with Crippen molar-refractivity contribution in [1.29, 1.82) is 0 Å². The summed E-state index contributed by atoms with van der Waals surface area (Å²) in [6.07, 6.45) is 4.39. The number of aromatic nitrogens is 1. The minimum absolute atomic E-state index is 0.220. The van der Waals surface area contributed by atoms with Gasteiger partial charge in [-0.15, -0.1) is 0 Å². The van der Waals surface area contributed by atoms with Crippen LogP contribution in [0.2, 0.25) is 0 Å². The molecule has 0 bridgehead atoms. The third-order valence-electron chi connectivity index (χ3n) is 13.1. The molecule has 1 heterocycles. The summed E-state index contributed by atoms with van der Waals surface area (Å²) in [4.78, 5) is 4.66. The molecule has 0 atom stereocenters. The fraction of sp³-hybridized carbons (Fsp3) is 0.0159. The lowest BCUT2D eigenvalue weighted by Gasteiger charge is -2.26. The second-order valence-corrected chi connectivity index (χ2v) is 16.9. The molecule has 12 rings (SSSR count). The minimum atomic E-state index is 0.220. The second-order valence-electron chi connectivity index (χ2n) is 16.9. The van der Waals surface area contributed by atoms with Crippen LogP contribution < -0.4 is 9.80 Å². The molecule has 1 aromatic heterocycles. The highest BCUT2D eigenvalue weighted by Crippen LogP contribution is 2.48. The van der Waals surface area contributed by atoms with E-state index in [-0.39, 0.29) is 5.92 Å². The van der Waals surface area contributed by atoms with Crippen LogP contribution in [-0.2, 0) is 0 Å². The van der Waals surface area contributed by atoms with Crippen molar-refractivity contribution in [3.63, 3.8) is 0 Å². The maximum Gasteiger partial charge on any atom is 0.0541 e. The van der Waals surface area contributed by atoms with E-state index in [2.05, 4.69) is 281 Å². The van der Waals surface area contributed by atoms with Gasteiger partial charge in [0.2, 0.25) is 0 Å². The van der Waals surface area contributed by atoms with Gasteiger partial charge in [0, 0.05) is 56.5 Å². The Kier molecular flexibility index (Phi) is 9.92. The van der Waals surface area contributed by atoms with Crippen molar-refractivity contribution in [1.82, 2.24) is 4.57 Å². The van der Waals surface area contributed by atoms with E-state index in [0.29, 0.717) is 0 Å². The Morgan fingerprint density at radius 2 is 0.652 bits per heavy atom. The van der Waals surface area contributed by atoms with Crippen LogP contribution in [0.15, 0.2) is 255 Å². The summed E-state index contributed by atoms with van der Waals surface area (Å²) in [6.45, 7) is 0. The predicted molar refractivity (Wildman–Crippen MR) is 278 cm³/mol. The van der Waals surface area contributed by atoms with E-state index in [0.717, 1.165) is 50.9 Å². The molecule has 0 radical (unpaired) electrons. The summed E-state index contributed by atoms with van der Waals surface area (Å²) in [5, 5.41) is 2.53. The van der Waals surface area contributed by atoms with Crippen molar-refractivity contribution in [2.45, 2.75) is 5.92 Å². The van der Waals surface area contributed by atoms with Crippen LogP contribution >= 0.6 is 0 Å². The molecule has 1 aliphatic carbocycles. The first kappa shape index (κ1) is 39.0. The lowest BCUT2D eigenvalue weighted by atomic mass is 9.89. The van der Waals surface area contributed by atoms with Crippen LogP contribution in [0.25, 0.3) is 50.8 Å². The highest BCUT2D eigenvalue weighted by molar-refractivity contribution is 6.09. The smallest absolute Gasteiger partial charge is 0.0541 e. The largest absolute Gasteiger partial charge is 0.311 e. The Balaban J connectivity index is 0.797. The molecular weight excluding hydrogens is 799 g/mol. The van der Waals surface area contributed by atoms with Crippen LogP contribution in [0, 0.1) is 0 Å². The van der Waals surface area contributed by atoms with E-state index in [1.165, 1.54) is 49.6 Å². The van der Waals surface area contributed by atoms with Crippen molar-refractivity contribution in [3.05, 3.63) is 283 Å². The Morgan fingerprint density at radius 3 is 1.11 bits per heavy atom. The molecule has 312 valence electrons.